The SMILES string of the molecule is O=C(c1ccc(F)c(F)c1)N(C/C=C/c1ccccc1)c1ccc2c(c1)OCCO2. The van der Waals surface area contributed by atoms with Gasteiger partial charge in [0.15, 0.2) is 23.1 Å². The summed E-state index contributed by atoms with van der Waals surface area (Å²) in [6.45, 7) is 1.11. The Morgan fingerprint density at radius 1 is 0.900 bits per heavy atom. The molecule has 1 amide bonds. The summed E-state index contributed by atoms with van der Waals surface area (Å²) < 4.78 is 38.2. The molecular formula is C24H19F2NO3. The molecule has 1 aliphatic rings. The number of amides is 1. The minimum absolute atomic E-state index is 0.0527. The predicted molar refractivity (Wildman–Crippen MR) is 111 cm³/mol. The molecule has 1 aliphatic heterocycles. The van der Waals surface area contributed by atoms with Gasteiger partial charge in [-0.25, -0.2) is 8.78 Å². The van der Waals surface area contributed by atoms with Crippen LogP contribution >= 0.6 is 0 Å². The second-order valence-electron chi connectivity index (χ2n) is 6.69. The van der Waals surface area contributed by atoms with Crippen LogP contribution in [0.3, 0.4) is 0 Å². The van der Waals surface area contributed by atoms with Crippen molar-refractivity contribution in [3.8, 4) is 11.5 Å². The molecule has 0 saturated carbocycles. The van der Waals surface area contributed by atoms with E-state index in [9.17, 15) is 13.6 Å². The average molecular weight is 407 g/mol. The van der Waals surface area contributed by atoms with Crippen molar-refractivity contribution in [2.45, 2.75) is 0 Å². The Morgan fingerprint density at radius 2 is 1.67 bits per heavy atom. The summed E-state index contributed by atoms with van der Waals surface area (Å²) in [5.41, 5.74) is 1.60. The van der Waals surface area contributed by atoms with Crippen molar-refractivity contribution in [2.75, 3.05) is 24.7 Å². The molecule has 0 unspecified atom stereocenters. The highest BCUT2D eigenvalue weighted by atomic mass is 19.2. The molecule has 0 saturated heterocycles. The van der Waals surface area contributed by atoms with Crippen molar-refractivity contribution in [1.82, 2.24) is 0 Å². The van der Waals surface area contributed by atoms with Gasteiger partial charge in [-0.05, 0) is 35.9 Å². The molecule has 0 spiro atoms. The Bertz CT molecular complexity index is 1080. The van der Waals surface area contributed by atoms with Crippen LogP contribution in [0.2, 0.25) is 0 Å². The minimum atomic E-state index is -1.07. The van der Waals surface area contributed by atoms with Gasteiger partial charge >= 0.3 is 0 Å². The van der Waals surface area contributed by atoms with E-state index in [4.69, 9.17) is 9.47 Å². The molecule has 4 nitrogen and oxygen atoms in total. The van der Waals surface area contributed by atoms with Crippen molar-refractivity contribution >= 4 is 17.7 Å². The van der Waals surface area contributed by atoms with Gasteiger partial charge in [-0.15, -0.1) is 0 Å². The summed E-state index contributed by atoms with van der Waals surface area (Å²) in [6.07, 6.45) is 3.73. The summed E-state index contributed by atoms with van der Waals surface area (Å²) in [4.78, 5) is 14.6. The van der Waals surface area contributed by atoms with E-state index in [0.29, 0.717) is 30.4 Å². The summed E-state index contributed by atoms with van der Waals surface area (Å²) in [7, 11) is 0. The number of fused-ring (bicyclic) bond motifs is 1. The Balaban J connectivity index is 1.66. The molecular weight excluding hydrogens is 388 g/mol. The number of rotatable bonds is 5. The number of hydrogen-bond donors (Lipinski definition) is 0. The van der Waals surface area contributed by atoms with E-state index >= 15 is 0 Å². The lowest BCUT2D eigenvalue weighted by atomic mass is 10.1. The molecule has 3 aromatic carbocycles. The summed E-state index contributed by atoms with van der Waals surface area (Å²) in [6, 6.07) is 18.0. The molecule has 30 heavy (non-hydrogen) atoms. The molecule has 0 radical (unpaired) electrons. The van der Waals surface area contributed by atoms with Gasteiger partial charge in [-0.3, -0.25) is 4.79 Å². The lowest BCUT2D eigenvalue weighted by molar-refractivity contribution is 0.0989. The number of carbonyl (C=O) groups excluding carboxylic acids is 1. The van der Waals surface area contributed by atoms with Gasteiger partial charge in [0.1, 0.15) is 13.2 Å². The first-order chi connectivity index (χ1) is 14.6. The van der Waals surface area contributed by atoms with Gasteiger partial charge < -0.3 is 14.4 Å². The van der Waals surface area contributed by atoms with E-state index in [0.717, 1.165) is 17.7 Å². The molecule has 4 rings (SSSR count). The first-order valence-corrected chi connectivity index (χ1v) is 9.50. The molecule has 0 atom stereocenters. The Morgan fingerprint density at radius 3 is 2.43 bits per heavy atom. The first-order valence-electron chi connectivity index (χ1n) is 9.50. The zero-order valence-corrected chi connectivity index (χ0v) is 16.1. The average Bonchev–Trinajstić information content (AvgIpc) is 2.78. The van der Waals surface area contributed by atoms with Crippen molar-refractivity contribution in [2.24, 2.45) is 0 Å². The fraction of sp³-hybridized carbons (Fsp3) is 0.125. The topological polar surface area (TPSA) is 38.8 Å². The molecule has 3 aromatic rings. The molecule has 0 bridgehead atoms. The standard InChI is InChI=1S/C24H19F2NO3/c25-20-10-8-18(15-21(20)26)24(28)27(12-4-7-17-5-2-1-3-6-17)19-9-11-22-23(16-19)30-14-13-29-22/h1-11,15-16H,12-14H2/b7-4+. The monoisotopic (exact) mass is 407 g/mol. The number of nitrogens with zero attached hydrogens (tertiary/aromatic N) is 1. The lowest BCUT2D eigenvalue weighted by Crippen LogP contribution is -2.31. The summed E-state index contributed by atoms with van der Waals surface area (Å²) in [5, 5.41) is 0. The molecule has 0 aliphatic carbocycles. The van der Waals surface area contributed by atoms with Gasteiger partial charge in [0.05, 0.1) is 0 Å². The maximum atomic E-state index is 13.7. The largest absolute Gasteiger partial charge is 0.486 e. The number of anilines is 1. The Labute approximate surface area is 173 Å². The Kier molecular flexibility index (Phi) is 5.75. The first kappa shape index (κ1) is 19.6. The van der Waals surface area contributed by atoms with E-state index in [1.165, 1.54) is 11.0 Å². The van der Waals surface area contributed by atoms with Crippen LogP contribution in [-0.2, 0) is 0 Å². The minimum Gasteiger partial charge on any atom is -0.486 e. The quantitative estimate of drug-likeness (QED) is 0.591. The molecule has 0 aromatic heterocycles. The predicted octanol–water partition coefficient (Wildman–Crippen LogP) is 5.10. The number of ether oxygens (including phenoxy) is 2. The second-order valence-corrected chi connectivity index (χ2v) is 6.69. The maximum absolute atomic E-state index is 13.7. The third-order valence-electron chi connectivity index (χ3n) is 4.65. The van der Waals surface area contributed by atoms with E-state index in [-0.39, 0.29) is 12.1 Å². The van der Waals surface area contributed by atoms with Crippen LogP contribution in [0.15, 0.2) is 72.8 Å². The highest BCUT2D eigenvalue weighted by molar-refractivity contribution is 6.06. The zero-order chi connectivity index (χ0) is 20.9. The van der Waals surface area contributed by atoms with Gasteiger partial charge in [0.25, 0.3) is 5.91 Å². The van der Waals surface area contributed by atoms with Crippen LogP contribution in [0.1, 0.15) is 15.9 Å². The summed E-state index contributed by atoms with van der Waals surface area (Å²) >= 11 is 0. The van der Waals surface area contributed by atoms with E-state index < -0.39 is 17.5 Å². The van der Waals surface area contributed by atoms with Crippen LogP contribution in [0.25, 0.3) is 6.08 Å². The highest BCUT2D eigenvalue weighted by Crippen LogP contribution is 2.34. The van der Waals surface area contributed by atoms with Crippen LogP contribution in [0, 0.1) is 11.6 Å². The van der Waals surface area contributed by atoms with Crippen LogP contribution in [0.5, 0.6) is 11.5 Å². The van der Waals surface area contributed by atoms with Gasteiger partial charge in [0.2, 0.25) is 0 Å². The highest BCUT2D eigenvalue weighted by Gasteiger charge is 2.21. The molecule has 0 N–H and O–H groups in total. The van der Waals surface area contributed by atoms with Crippen LogP contribution < -0.4 is 14.4 Å². The van der Waals surface area contributed by atoms with Crippen LogP contribution in [0.4, 0.5) is 14.5 Å². The third-order valence-corrected chi connectivity index (χ3v) is 4.65. The zero-order valence-electron chi connectivity index (χ0n) is 16.1. The molecule has 152 valence electrons. The Hall–Kier alpha value is -3.67. The summed E-state index contributed by atoms with van der Waals surface area (Å²) in [5.74, 6) is -1.38. The third kappa shape index (κ3) is 4.33. The van der Waals surface area contributed by atoms with E-state index in [1.54, 1.807) is 18.2 Å². The molecule has 6 heteroatoms. The lowest BCUT2D eigenvalue weighted by Gasteiger charge is -2.24. The second kappa shape index (κ2) is 8.78. The normalized spacial score (nSPS) is 12.7. The van der Waals surface area contributed by atoms with Crippen molar-refractivity contribution in [3.05, 3.63) is 95.6 Å². The van der Waals surface area contributed by atoms with Crippen LogP contribution in [-0.4, -0.2) is 25.7 Å². The smallest absolute Gasteiger partial charge is 0.258 e. The van der Waals surface area contributed by atoms with E-state index in [1.807, 2.05) is 42.5 Å². The number of carbonyl (C=O) groups is 1. The molecule has 1 heterocycles. The molecule has 0 fully saturated rings. The number of hydrogen-bond acceptors (Lipinski definition) is 3. The fourth-order valence-electron chi connectivity index (χ4n) is 3.15. The van der Waals surface area contributed by atoms with Gasteiger partial charge in [-0.2, -0.15) is 0 Å². The number of halogens is 2. The fourth-order valence-corrected chi connectivity index (χ4v) is 3.15. The number of benzene rings is 3. The van der Waals surface area contributed by atoms with Gasteiger partial charge in [0, 0.05) is 23.9 Å². The van der Waals surface area contributed by atoms with E-state index in [2.05, 4.69) is 0 Å². The van der Waals surface area contributed by atoms with Crippen molar-refractivity contribution in [3.63, 3.8) is 0 Å². The van der Waals surface area contributed by atoms with Crippen molar-refractivity contribution < 1.29 is 23.0 Å². The van der Waals surface area contributed by atoms with Crippen molar-refractivity contribution in [1.29, 1.82) is 0 Å². The van der Waals surface area contributed by atoms with Gasteiger partial charge in [-0.1, -0.05) is 42.5 Å². The maximum Gasteiger partial charge on any atom is 0.258 e.